The summed E-state index contributed by atoms with van der Waals surface area (Å²) in [4.78, 5) is 11.8. The largest absolute Gasteiger partial charge is 0.356 e. The van der Waals surface area contributed by atoms with Gasteiger partial charge in [0.1, 0.15) is 0 Å². The third-order valence-electron chi connectivity index (χ3n) is 3.64. The highest BCUT2D eigenvalue weighted by Crippen LogP contribution is 2.14. The summed E-state index contributed by atoms with van der Waals surface area (Å²) < 4.78 is 0. The summed E-state index contributed by atoms with van der Waals surface area (Å²) in [6, 6.07) is 0. The molecule has 0 radical (unpaired) electrons. The zero-order valence-corrected chi connectivity index (χ0v) is 14.1. The van der Waals surface area contributed by atoms with Gasteiger partial charge in [-0.15, -0.1) is 0 Å². The van der Waals surface area contributed by atoms with Crippen LogP contribution in [0.5, 0.6) is 0 Å². The van der Waals surface area contributed by atoms with Crippen LogP contribution < -0.4 is 11.1 Å². The van der Waals surface area contributed by atoms with Crippen molar-refractivity contribution in [2.45, 2.75) is 72.6 Å². The molecule has 3 nitrogen and oxygen atoms in total. The Hall–Kier alpha value is -0.570. The van der Waals surface area contributed by atoms with E-state index >= 15 is 0 Å². The molecule has 0 saturated heterocycles. The van der Waals surface area contributed by atoms with Crippen molar-refractivity contribution in [1.29, 1.82) is 0 Å². The van der Waals surface area contributed by atoms with E-state index < -0.39 is 0 Å². The smallest absolute Gasteiger partial charge is 0.220 e. The molecule has 3 N–H and O–H groups in total. The lowest BCUT2D eigenvalue weighted by atomic mass is 9.94. The average molecular weight is 284 g/mol. The minimum atomic E-state index is 0.170. The summed E-state index contributed by atoms with van der Waals surface area (Å²) >= 11 is 0. The Morgan fingerprint density at radius 2 is 1.65 bits per heavy atom. The lowest BCUT2D eigenvalue weighted by molar-refractivity contribution is -0.122. The zero-order valence-electron chi connectivity index (χ0n) is 14.1. The van der Waals surface area contributed by atoms with Crippen LogP contribution >= 0.6 is 0 Å². The predicted octanol–water partition coefficient (Wildman–Crippen LogP) is 3.72. The van der Waals surface area contributed by atoms with Crippen LogP contribution in [0.4, 0.5) is 0 Å². The SMILES string of the molecule is CC(C)CCCCCCNC(=O)CC(CN)CC(C)C. The van der Waals surface area contributed by atoms with Crippen molar-refractivity contribution in [3.8, 4) is 0 Å². The van der Waals surface area contributed by atoms with Gasteiger partial charge in [0.05, 0.1) is 0 Å². The molecular weight excluding hydrogens is 248 g/mol. The summed E-state index contributed by atoms with van der Waals surface area (Å²) in [7, 11) is 0. The Morgan fingerprint density at radius 1 is 1.00 bits per heavy atom. The molecule has 0 aromatic carbocycles. The number of carbonyl (C=O) groups is 1. The maximum absolute atomic E-state index is 11.8. The molecule has 3 heteroatoms. The van der Waals surface area contributed by atoms with E-state index in [2.05, 4.69) is 33.0 Å². The van der Waals surface area contributed by atoms with E-state index in [1.54, 1.807) is 0 Å². The Labute approximate surface area is 126 Å². The van der Waals surface area contributed by atoms with Crippen molar-refractivity contribution in [2.24, 2.45) is 23.5 Å². The van der Waals surface area contributed by atoms with E-state index in [0.29, 0.717) is 24.8 Å². The summed E-state index contributed by atoms with van der Waals surface area (Å²) in [6.45, 7) is 10.3. The van der Waals surface area contributed by atoms with Gasteiger partial charge < -0.3 is 11.1 Å². The van der Waals surface area contributed by atoms with Gasteiger partial charge in [0.15, 0.2) is 0 Å². The van der Waals surface area contributed by atoms with Gasteiger partial charge in [-0.25, -0.2) is 0 Å². The predicted molar refractivity (Wildman–Crippen MR) is 87.5 cm³/mol. The van der Waals surface area contributed by atoms with Gasteiger partial charge in [-0.1, -0.05) is 53.4 Å². The molecule has 0 heterocycles. The summed E-state index contributed by atoms with van der Waals surface area (Å²) in [5, 5.41) is 3.03. The fourth-order valence-electron chi connectivity index (χ4n) is 2.52. The van der Waals surface area contributed by atoms with Crippen LogP contribution in [0.2, 0.25) is 0 Å². The highest BCUT2D eigenvalue weighted by Gasteiger charge is 2.13. The van der Waals surface area contributed by atoms with Crippen molar-refractivity contribution in [3.63, 3.8) is 0 Å². The first-order valence-corrected chi connectivity index (χ1v) is 8.42. The minimum Gasteiger partial charge on any atom is -0.356 e. The van der Waals surface area contributed by atoms with Crippen LogP contribution in [-0.4, -0.2) is 19.0 Å². The van der Waals surface area contributed by atoms with Crippen LogP contribution in [-0.2, 0) is 4.79 Å². The molecule has 0 aromatic heterocycles. The highest BCUT2D eigenvalue weighted by atomic mass is 16.1. The summed E-state index contributed by atoms with van der Waals surface area (Å²) in [6.07, 6.45) is 7.86. The van der Waals surface area contributed by atoms with Gasteiger partial charge in [0.2, 0.25) is 5.91 Å². The van der Waals surface area contributed by atoms with Crippen molar-refractivity contribution in [1.82, 2.24) is 5.32 Å². The Morgan fingerprint density at radius 3 is 2.20 bits per heavy atom. The monoisotopic (exact) mass is 284 g/mol. The van der Waals surface area contributed by atoms with Crippen LogP contribution in [0, 0.1) is 17.8 Å². The molecule has 0 aromatic rings. The molecule has 0 saturated carbocycles. The average Bonchev–Trinajstić information content (AvgIpc) is 2.35. The number of amides is 1. The number of hydrogen-bond donors (Lipinski definition) is 2. The second kappa shape index (κ2) is 12.2. The maximum atomic E-state index is 11.8. The molecule has 0 aliphatic rings. The zero-order chi connectivity index (χ0) is 15.4. The number of nitrogens with two attached hydrogens (primary N) is 1. The number of nitrogens with one attached hydrogen (secondary N) is 1. The van der Waals surface area contributed by atoms with Gasteiger partial charge in [-0.2, -0.15) is 0 Å². The molecule has 0 spiro atoms. The van der Waals surface area contributed by atoms with Crippen molar-refractivity contribution in [3.05, 3.63) is 0 Å². The van der Waals surface area contributed by atoms with E-state index in [1.165, 1.54) is 25.7 Å². The van der Waals surface area contributed by atoms with Gasteiger partial charge in [-0.3, -0.25) is 4.79 Å². The summed E-state index contributed by atoms with van der Waals surface area (Å²) in [5.74, 6) is 1.92. The van der Waals surface area contributed by atoms with Crippen molar-refractivity contribution < 1.29 is 4.79 Å². The standard InChI is InChI=1S/C17H36N2O/c1-14(2)9-7-5-6-8-10-19-17(20)12-16(13-18)11-15(3)4/h14-16H,5-13,18H2,1-4H3,(H,19,20). The molecule has 1 atom stereocenters. The minimum absolute atomic E-state index is 0.170. The Kier molecular flexibility index (Phi) is 11.8. The fourth-order valence-corrected chi connectivity index (χ4v) is 2.52. The lowest BCUT2D eigenvalue weighted by Crippen LogP contribution is -2.29. The topological polar surface area (TPSA) is 55.1 Å². The second-order valence-corrected chi connectivity index (χ2v) is 6.88. The van der Waals surface area contributed by atoms with E-state index in [-0.39, 0.29) is 5.91 Å². The van der Waals surface area contributed by atoms with E-state index in [1.807, 2.05) is 0 Å². The molecule has 0 rings (SSSR count). The number of unbranched alkanes of at least 4 members (excludes halogenated alkanes) is 3. The first kappa shape index (κ1) is 19.4. The molecule has 1 amide bonds. The first-order valence-electron chi connectivity index (χ1n) is 8.42. The number of rotatable bonds is 12. The van der Waals surface area contributed by atoms with Crippen LogP contribution in [0.1, 0.15) is 72.6 Å². The van der Waals surface area contributed by atoms with Crippen LogP contribution in [0.15, 0.2) is 0 Å². The number of hydrogen-bond acceptors (Lipinski definition) is 2. The molecule has 20 heavy (non-hydrogen) atoms. The Bertz CT molecular complexity index is 239. The lowest BCUT2D eigenvalue weighted by Gasteiger charge is -2.16. The Balaban J connectivity index is 3.52. The molecule has 0 fully saturated rings. The van der Waals surface area contributed by atoms with Gasteiger partial charge in [0, 0.05) is 13.0 Å². The molecule has 0 aliphatic carbocycles. The van der Waals surface area contributed by atoms with Gasteiger partial charge in [0.25, 0.3) is 0 Å². The van der Waals surface area contributed by atoms with Crippen LogP contribution in [0.25, 0.3) is 0 Å². The van der Waals surface area contributed by atoms with E-state index in [9.17, 15) is 4.79 Å². The second-order valence-electron chi connectivity index (χ2n) is 6.88. The van der Waals surface area contributed by atoms with Crippen LogP contribution in [0.3, 0.4) is 0 Å². The number of carbonyl (C=O) groups excluding carboxylic acids is 1. The molecule has 120 valence electrons. The molecule has 0 bridgehead atoms. The maximum Gasteiger partial charge on any atom is 0.220 e. The summed E-state index contributed by atoms with van der Waals surface area (Å²) in [5.41, 5.74) is 5.72. The van der Waals surface area contributed by atoms with E-state index in [0.717, 1.165) is 25.3 Å². The highest BCUT2D eigenvalue weighted by molar-refractivity contribution is 5.76. The first-order chi connectivity index (χ1) is 9.45. The molecular formula is C17H36N2O. The molecule has 0 aliphatic heterocycles. The molecule has 1 unspecified atom stereocenters. The third kappa shape index (κ3) is 12.5. The van der Waals surface area contributed by atoms with Gasteiger partial charge >= 0.3 is 0 Å². The fraction of sp³-hybridized carbons (Fsp3) is 0.941. The quantitative estimate of drug-likeness (QED) is 0.537. The van der Waals surface area contributed by atoms with Crippen molar-refractivity contribution >= 4 is 5.91 Å². The normalized spacial score (nSPS) is 12.9. The van der Waals surface area contributed by atoms with Crippen molar-refractivity contribution in [2.75, 3.05) is 13.1 Å². The van der Waals surface area contributed by atoms with Gasteiger partial charge in [-0.05, 0) is 37.1 Å². The third-order valence-corrected chi connectivity index (χ3v) is 3.64. The van der Waals surface area contributed by atoms with E-state index in [4.69, 9.17) is 5.73 Å².